The molecule has 0 atom stereocenters. The Kier molecular flexibility index (Phi) is 4.99. The highest BCUT2D eigenvalue weighted by molar-refractivity contribution is 5.37. The highest BCUT2D eigenvalue weighted by atomic mass is 16.5. The van der Waals surface area contributed by atoms with Crippen LogP contribution in [0.25, 0.3) is 0 Å². The molecular formula is C14H22N2O2. The van der Waals surface area contributed by atoms with Crippen LogP contribution in [0.5, 0.6) is 5.75 Å². The number of rotatable bonds is 5. The molecule has 1 aliphatic rings. The first-order chi connectivity index (χ1) is 8.83. The Labute approximate surface area is 109 Å². The van der Waals surface area contributed by atoms with Gasteiger partial charge in [-0.1, -0.05) is 6.07 Å². The summed E-state index contributed by atoms with van der Waals surface area (Å²) in [6.07, 6.45) is 0. The Morgan fingerprint density at radius 2 is 2.11 bits per heavy atom. The van der Waals surface area contributed by atoms with Gasteiger partial charge in [-0.05, 0) is 24.7 Å². The van der Waals surface area contributed by atoms with Crippen molar-refractivity contribution in [3.63, 3.8) is 0 Å². The van der Waals surface area contributed by atoms with Gasteiger partial charge in [0.25, 0.3) is 0 Å². The summed E-state index contributed by atoms with van der Waals surface area (Å²) >= 11 is 0. The monoisotopic (exact) mass is 250 g/mol. The fourth-order valence-electron chi connectivity index (χ4n) is 2.27. The molecule has 2 rings (SSSR count). The number of methoxy groups -OCH3 is 1. The summed E-state index contributed by atoms with van der Waals surface area (Å²) in [7, 11) is 3.70. The lowest BCUT2D eigenvalue weighted by molar-refractivity contribution is 0.0339. The zero-order valence-electron chi connectivity index (χ0n) is 11.2. The maximum atomic E-state index is 5.44. The number of ether oxygens (including phenoxy) is 2. The standard InChI is InChI=1S/C14H22N2O2/c1-15-10-12-3-4-14(17-2)13(9-12)11-16-5-7-18-8-6-16/h3-4,9,15H,5-8,10-11H2,1-2H3. The number of nitrogens with one attached hydrogen (secondary N) is 1. The van der Waals surface area contributed by atoms with Crippen LogP contribution < -0.4 is 10.1 Å². The van der Waals surface area contributed by atoms with Crippen LogP contribution in [0.2, 0.25) is 0 Å². The van der Waals surface area contributed by atoms with E-state index in [0.29, 0.717) is 0 Å². The van der Waals surface area contributed by atoms with Crippen molar-refractivity contribution in [2.45, 2.75) is 13.1 Å². The number of hydrogen-bond acceptors (Lipinski definition) is 4. The summed E-state index contributed by atoms with van der Waals surface area (Å²) in [6, 6.07) is 6.39. The molecule has 0 aliphatic carbocycles. The van der Waals surface area contributed by atoms with E-state index >= 15 is 0 Å². The van der Waals surface area contributed by atoms with E-state index in [1.54, 1.807) is 7.11 Å². The Morgan fingerprint density at radius 3 is 2.78 bits per heavy atom. The molecule has 0 bridgehead atoms. The van der Waals surface area contributed by atoms with Crippen LogP contribution in [0.15, 0.2) is 18.2 Å². The average Bonchev–Trinajstić information content (AvgIpc) is 2.41. The van der Waals surface area contributed by atoms with Gasteiger partial charge in [0.05, 0.1) is 20.3 Å². The van der Waals surface area contributed by atoms with Gasteiger partial charge >= 0.3 is 0 Å². The number of benzene rings is 1. The van der Waals surface area contributed by atoms with Crippen LogP contribution in [0.1, 0.15) is 11.1 Å². The number of morpholine rings is 1. The van der Waals surface area contributed by atoms with Crippen molar-refractivity contribution in [2.24, 2.45) is 0 Å². The van der Waals surface area contributed by atoms with Gasteiger partial charge in [-0.15, -0.1) is 0 Å². The summed E-state index contributed by atoms with van der Waals surface area (Å²) < 4.78 is 10.8. The molecular weight excluding hydrogens is 228 g/mol. The lowest BCUT2D eigenvalue weighted by Gasteiger charge is -2.27. The zero-order chi connectivity index (χ0) is 12.8. The predicted molar refractivity (Wildman–Crippen MR) is 71.9 cm³/mol. The summed E-state index contributed by atoms with van der Waals surface area (Å²) in [5, 5.41) is 3.18. The molecule has 0 spiro atoms. The van der Waals surface area contributed by atoms with E-state index in [1.807, 2.05) is 7.05 Å². The molecule has 1 aliphatic heterocycles. The third kappa shape index (κ3) is 3.45. The SMILES string of the molecule is CNCc1ccc(OC)c(CN2CCOCC2)c1. The molecule has 1 saturated heterocycles. The molecule has 0 saturated carbocycles. The molecule has 1 fully saturated rings. The van der Waals surface area contributed by atoms with Gasteiger partial charge in [-0.2, -0.15) is 0 Å². The van der Waals surface area contributed by atoms with Gasteiger partial charge in [0.15, 0.2) is 0 Å². The fraction of sp³-hybridized carbons (Fsp3) is 0.571. The zero-order valence-corrected chi connectivity index (χ0v) is 11.2. The van der Waals surface area contributed by atoms with Crippen LogP contribution in [0, 0.1) is 0 Å². The fourth-order valence-corrected chi connectivity index (χ4v) is 2.27. The third-order valence-corrected chi connectivity index (χ3v) is 3.22. The first kappa shape index (κ1) is 13.3. The third-order valence-electron chi connectivity index (χ3n) is 3.22. The second-order valence-electron chi connectivity index (χ2n) is 4.57. The summed E-state index contributed by atoms with van der Waals surface area (Å²) in [4.78, 5) is 2.41. The minimum atomic E-state index is 0.832. The van der Waals surface area contributed by atoms with Crippen molar-refractivity contribution in [3.05, 3.63) is 29.3 Å². The molecule has 0 aromatic heterocycles. The van der Waals surface area contributed by atoms with E-state index in [4.69, 9.17) is 9.47 Å². The van der Waals surface area contributed by atoms with Crippen molar-refractivity contribution >= 4 is 0 Å². The summed E-state index contributed by atoms with van der Waals surface area (Å²) in [5.74, 6) is 0.973. The molecule has 0 unspecified atom stereocenters. The van der Waals surface area contributed by atoms with Gasteiger partial charge in [0.1, 0.15) is 5.75 Å². The molecule has 1 aromatic rings. The van der Waals surface area contributed by atoms with Crippen molar-refractivity contribution in [2.75, 3.05) is 40.5 Å². The summed E-state index contributed by atoms with van der Waals surface area (Å²) in [6.45, 7) is 5.49. The average molecular weight is 250 g/mol. The Morgan fingerprint density at radius 1 is 1.33 bits per heavy atom. The van der Waals surface area contributed by atoms with Gasteiger partial charge in [0.2, 0.25) is 0 Å². The lowest BCUT2D eigenvalue weighted by Crippen LogP contribution is -2.35. The van der Waals surface area contributed by atoms with E-state index in [1.165, 1.54) is 11.1 Å². The molecule has 0 radical (unpaired) electrons. The molecule has 1 aromatic carbocycles. The van der Waals surface area contributed by atoms with Crippen molar-refractivity contribution < 1.29 is 9.47 Å². The minimum Gasteiger partial charge on any atom is -0.496 e. The highest BCUT2D eigenvalue weighted by Gasteiger charge is 2.13. The topological polar surface area (TPSA) is 33.7 Å². The molecule has 1 N–H and O–H groups in total. The van der Waals surface area contributed by atoms with Gasteiger partial charge in [-0.3, -0.25) is 4.90 Å². The normalized spacial score (nSPS) is 16.8. The summed E-state index contributed by atoms with van der Waals surface area (Å²) in [5.41, 5.74) is 2.55. The maximum absolute atomic E-state index is 5.44. The Bertz CT molecular complexity index is 376. The van der Waals surface area contributed by atoms with E-state index < -0.39 is 0 Å². The highest BCUT2D eigenvalue weighted by Crippen LogP contribution is 2.22. The second kappa shape index (κ2) is 6.73. The van der Waals surface area contributed by atoms with Crippen molar-refractivity contribution in [1.82, 2.24) is 10.2 Å². The molecule has 1 heterocycles. The number of nitrogens with zero attached hydrogens (tertiary/aromatic N) is 1. The smallest absolute Gasteiger partial charge is 0.123 e. The van der Waals surface area contributed by atoms with E-state index in [0.717, 1.165) is 45.1 Å². The largest absolute Gasteiger partial charge is 0.496 e. The second-order valence-corrected chi connectivity index (χ2v) is 4.57. The van der Waals surface area contributed by atoms with Crippen LogP contribution >= 0.6 is 0 Å². The van der Waals surface area contributed by atoms with Crippen LogP contribution in [0.4, 0.5) is 0 Å². The van der Waals surface area contributed by atoms with Gasteiger partial charge in [-0.25, -0.2) is 0 Å². The van der Waals surface area contributed by atoms with Gasteiger partial charge < -0.3 is 14.8 Å². The molecule has 0 amide bonds. The van der Waals surface area contributed by atoms with E-state index in [2.05, 4.69) is 28.4 Å². The van der Waals surface area contributed by atoms with Crippen LogP contribution in [0.3, 0.4) is 0 Å². The van der Waals surface area contributed by atoms with E-state index in [9.17, 15) is 0 Å². The molecule has 18 heavy (non-hydrogen) atoms. The molecule has 100 valence electrons. The van der Waals surface area contributed by atoms with Gasteiger partial charge in [0, 0.05) is 31.7 Å². The Balaban J connectivity index is 2.09. The number of hydrogen-bond donors (Lipinski definition) is 1. The van der Waals surface area contributed by atoms with Crippen molar-refractivity contribution in [1.29, 1.82) is 0 Å². The van der Waals surface area contributed by atoms with E-state index in [-0.39, 0.29) is 0 Å². The first-order valence-electron chi connectivity index (χ1n) is 6.44. The molecule has 4 heteroatoms. The van der Waals surface area contributed by atoms with Crippen molar-refractivity contribution in [3.8, 4) is 5.75 Å². The lowest BCUT2D eigenvalue weighted by atomic mass is 10.1. The van der Waals surface area contributed by atoms with Crippen LogP contribution in [-0.4, -0.2) is 45.4 Å². The predicted octanol–water partition coefficient (Wildman–Crippen LogP) is 1.25. The Hall–Kier alpha value is -1.10. The maximum Gasteiger partial charge on any atom is 0.123 e. The first-order valence-corrected chi connectivity index (χ1v) is 6.44. The quantitative estimate of drug-likeness (QED) is 0.852. The minimum absolute atomic E-state index is 0.832. The van der Waals surface area contributed by atoms with Crippen LogP contribution in [-0.2, 0) is 17.8 Å². The molecule has 4 nitrogen and oxygen atoms in total.